The van der Waals surface area contributed by atoms with Gasteiger partial charge in [-0.3, -0.25) is 9.40 Å². The molecular weight excluding hydrogens is 414 g/mol. The summed E-state index contributed by atoms with van der Waals surface area (Å²) in [6.07, 6.45) is 5.11. The molecule has 2 N–H and O–H groups in total. The molecule has 0 aliphatic carbocycles. The molecule has 0 radical (unpaired) electrons. The van der Waals surface area contributed by atoms with Crippen LogP contribution in [0.5, 0.6) is 0 Å². The van der Waals surface area contributed by atoms with E-state index in [0.29, 0.717) is 22.2 Å². The Hall–Kier alpha value is -2.84. The van der Waals surface area contributed by atoms with Crippen molar-refractivity contribution < 1.29 is 16.8 Å². The molecule has 0 spiro atoms. The lowest BCUT2D eigenvalue weighted by atomic mass is 10.1. The van der Waals surface area contributed by atoms with Crippen molar-refractivity contribution in [1.29, 1.82) is 5.26 Å². The van der Waals surface area contributed by atoms with Gasteiger partial charge in [-0.1, -0.05) is 6.07 Å². The Morgan fingerprint density at radius 1 is 1.28 bits per heavy atom. The molecule has 3 aromatic rings. The van der Waals surface area contributed by atoms with E-state index in [2.05, 4.69) is 20.9 Å². The van der Waals surface area contributed by atoms with Gasteiger partial charge in [0.25, 0.3) is 10.0 Å². The summed E-state index contributed by atoms with van der Waals surface area (Å²) < 4.78 is 52.1. The summed E-state index contributed by atoms with van der Waals surface area (Å²) in [6, 6.07) is 5.42. The highest BCUT2D eigenvalue weighted by molar-refractivity contribution is 7.92. The molecule has 3 rings (SSSR count). The second-order valence-electron chi connectivity index (χ2n) is 7.51. The summed E-state index contributed by atoms with van der Waals surface area (Å²) in [6.45, 7) is 4.95. The lowest BCUT2D eigenvalue weighted by Gasteiger charge is -2.22. The first-order valence-corrected chi connectivity index (χ1v) is 12.0. The van der Waals surface area contributed by atoms with Crippen LogP contribution in [-0.4, -0.2) is 42.6 Å². The number of nitrogens with one attached hydrogen (secondary N) is 2. The van der Waals surface area contributed by atoms with Crippen molar-refractivity contribution in [2.24, 2.45) is 0 Å². The van der Waals surface area contributed by atoms with Gasteiger partial charge in [-0.2, -0.15) is 10.4 Å². The zero-order valence-electron chi connectivity index (χ0n) is 16.4. The SMILES string of the molecule is Cc1ccc(NS(=O)(=O)c2cnn(CC(C)(C)S(C)(=O)=O)c2)c2[nH]cc(C#N)c12. The zero-order valence-corrected chi connectivity index (χ0v) is 18.0. The Balaban J connectivity index is 1.93. The van der Waals surface area contributed by atoms with Crippen LogP contribution in [0.1, 0.15) is 25.0 Å². The van der Waals surface area contributed by atoms with Crippen molar-refractivity contribution in [3.8, 4) is 6.07 Å². The molecule has 0 amide bonds. The maximum atomic E-state index is 12.8. The van der Waals surface area contributed by atoms with Gasteiger partial charge in [-0.05, 0) is 32.4 Å². The van der Waals surface area contributed by atoms with E-state index in [1.54, 1.807) is 26.0 Å². The molecule has 0 saturated carbocycles. The second kappa shape index (κ2) is 6.89. The smallest absolute Gasteiger partial charge is 0.265 e. The molecule has 0 unspecified atom stereocenters. The molecule has 2 aromatic heterocycles. The maximum Gasteiger partial charge on any atom is 0.265 e. The molecule has 11 heteroatoms. The predicted octanol–water partition coefficient (Wildman–Crippen LogP) is 2.17. The van der Waals surface area contributed by atoms with Gasteiger partial charge in [-0.25, -0.2) is 16.8 Å². The fourth-order valence-corrected chi connectivity index (χ4v) is 4.27. The molecule has 154 valence electrons. The first kappa shape index (κ1) is 20.9. The number of benzene rings is 1. The van der Waals surface area contributed by atoms with Crippen molar-refractivity contribution in [3.05, 3.63) is 41.9 Å². The fraction of sp³-hybridized carbons (Fsp3) is 0.333. The van der Waals surface area contributed by atoms with Crippen molar-refractivity contribution in [1.82, 2.24) is 14.8 Å². The number of H-pyrrole nitrogens is 1. The molecule has 9 nitrogen and oxygen atoms in total. The van der Waals surface area contributed by atoms with Crippen LogP contribution in [-0.2, 0) is 26.4 Å². The third-order valence-electron chi connectivity index (χ3n) is 4.88. The number of rotatable bonds is 6. The van der Waals surface area contributed by atoms with Crippen LogP contribution in [0.4, 0.5) is 5.69 Å². The van der Waals surface area contributed by atoms with Crippen molar-refractivity contribution >= 4 is 36.5 Å². The predicted molar refractivity (Wildman–Crippen MR) is 110 cm³/mol. The maximum absolute atomic E-state index is 12.8. The summed E-state index contributed by atoms with van der Waals surface area (Å²) >= 11 is 0. The second-order valence-corrected chi connectivity index (χ2v) is 11.8. The van der Waals surface area contributed by atoms with E-state index in [0.717, 1.165) is 11.8 Å². The van der Waals surface area contributed by atoms with E-state index in [-0.39, 0.29) is 11.4 Å². The van der Waals surface area contributed by atoms with Gasteiger partial charge < -0.3 is 4.98 Å². The summed E-state index contributed by atoms with van der Waals surface area (Å²) in [7, 11) is -7.33. The third kappa shape index (κ3) is 3.86. The molecule has 0 aliphatic rings. The van der Waals surface area contributed by atoms with E-state index in [1.165, 1.54) is 23.3 Å². The molecule has 29 heavy (non-hydrogen) atoms. The molecular formula is C18H21N5O4S2. The minimum absolute atomic E-state index is 0.0122. The number of hydrogen-bond donors (Lipinski definition) is 2. The van der Waals surface area contributed by atoms with Crippen LogP contribution in [0.3, 0.4) is 0 Å². The van der Waals surface area contributed by atoms with E-state index >= 15 is 0 Å². The lowest BCUT2D eigenvalue weighted by Crippen LogP contribution is -2.36. The average Bonchev–Trinajstić information content (AvgIpc) is 3.23. The van der Waals surface area contributed by atoms with E-state index in [1.807, 2.05) is 6.92 Å². The average molecular weight is 436 g/mol. The first-order valence-electron chi connectivity index (χ1n) is 8.61. The molecule has 1 aromatic carbocycles. The van der Waals surface area contributed by atoms with E-state index < -0.39 is 24.6 Å². The topological polar surface area (TPSA) is 138 Å². The van der Waals surface area contributed by atoms with Crippen LogP contribution >= 0.6 is 0 Å². The van der Waals surface area contributed by atoms with Crippen molar-refractivity contribution in [3.63, 3.8) is 0 Å². The molecule has 0 bridgehead atoms. The van der Waals surface area contributed by atoms with Gasteiger partial charge in [0.15, 0.2) is 9.84 Å². The summed E-state index contributed by atoms with van der Waals surface area (Å²) in [4.78, 5) is 2.84. The molecule has 0 aliphatic heterocycles. The molecule has 0 saturated heterocycles. The largest absolute Gasteiger partial charge is 0.358 e. The number of sulfonamides is 1. The summed E-state index contributed by atoms with van der Waals surface area (Å²) in [5, 5.41) is 13.9. The number of fused-ring (bicyclic) bond motifs is 1. The number of nitrogens with zero attached hydrogens (tertiary/aromatic N) is 3. The van der Waals surface area contributed by atoms with E-state index in [9.17, 15) is 22.1 Å². The highest BCUT2D eigenvalue weighted by atomic mass is 32.2. The van der Waals surface area contributed by atoms with Gasteiger partial charge >= 0.3 is 0 Å². The monoisotopic (exact) mass is 435 g/mol. The van der Waals surface area contributed by atoms with E-state index in [4.69, 9.17) is 0 Å². The van der Waals surface area contributed by atoms with Crippen molar-refractivity contribution in [2.75, 3.05) is 11.0 Å². The minimum Gasteiger partial charge on any atom is -0.358 e. The van der Waals surface area contributed by atoms with Crippen molar-refractivity contribution in [2.45, 2.75) is 37.0 Å². The third-order valence-corrected chi connectivity index (χ3v) is 8.33. The van der Waals surface area contributed by atoms with Gasteiger partial charge in [0.2, 0.25) is 0 Å². The van der Waals surface area contributed by atoms with Gasteiger partial charge in [-0.15, -0.1) is 0 Å². The number of aromatic amines is 1. The Bertz CT molecular complexity index is 1340. The highest BCUT2D eigenvalue weighted by Crippen LogP contribution is 2.30. The first-order chi connectivity index (χ1) is 13.4. The van der Waals surface area contributed by atoms with Crippen LogP contribution in [0.2, 0.25) is 0 Å². The van der Waals surface area contributed by atoms with Gasteiger partial charge in [0, 0.05) is 24.0 Å². The fourth-order valence-electron chi connectivity index (χ4n) is 2.87. The summed E-state index contributed by atoms with van der Waals surface area (Å²) in [5.41, 5.74) is 2.08. The molecule has 2 heterocycles. The van der Waals surface area contributed by atoms with Crippen LogP contribution in [0, 0.1) is 18.3 Å². The number of aromatic nitrogens is 3. The number of nitriles is 1. The Morgan fingerprint density at radius 2 is 1.97 bits per heavy atom. The van der Waals surface area contributed by atoms with Gasteiger partial charge in [0.1, 0.15) is 11.0 Å². The Labute approximate surface area is 169 Å². The Kier molecular flexibility index (Phi) is 4.96. The lowest BCUT2D eigenvalue weighted by molar-refractivity contribution is 0.476. The van der Waals surface area contributed by atoms with Crippen LogP contribution in [0.25, 0.3) is 10.9 Å². The summed E-state index contributed by atoms with van der Waals surface area (Å²) in [5.74, 6) is 0. The number of anilines is 1. The zero-order chi connectivity index (χ0) is 21.6. The molecule has 0 fully saturated rings. The van der Waals surface area contributed by atoms with Gasteiger partial charge in [0.05, 0.1) is 34.3 Å². The number of aryl methyl sites for hydroxylation is 1. The number of hydrogen-bond acceptors (Lipinski definition) is 6. The normalized spacial score (nSPS) is 12.8. The number of sulfone groups is 1. The minimum atomic E-state index is -3.97. The Morgan fingerprint density at radius 3 is 2.59 bits per heavy atom. The standard InChI is InChI=1S/C18H21N5O4S2/c1-12-5-6-15(17-16(12)13(7-19)8-20-17)22-29(26,27)14-9-21-23(10-14)11-18(2,3)28(4,24)25/h5-6,8-10,20,22H,11H2,1-4H3. The molecule has 0 atom stereocenters. The van der Waals surface area contributed by atoms with Crippen LogP contribution in [0.15, 0.2) is 35.6 Å². The van der Waals surface area contributed by atoms with Crippen LogP contribution < -0.4 is 4.72 Å². The quantitative estimate of drug-likeness (QED) is 0.608. The highest BCUT2D eigenvalue weighted by Gasteiger charge is 2.31.